The Morgan fingerprint density at radius 3 is 2.51 bits per heavy atom. The predicted octanol–water partition coefficient (Wildman–Crippen LogP) is 2.77. The van der Waals surface area contributed by atoms with Gasteiger partial charge < -0.3 is 34.5 Å². The minimum atomic E-state index is -0.912. The van der Waals surface area contributed by atoms with Crippen LogP contribution in [0.2, 0.25) is 0 Å². The molecule has 4 bridgehead atoms. The SMILES string of the molecule is COc1cc2ccc1OCC(=O)NCc1ccc(cc1)O[C@H]1CN(C(=O)COc3ccc(F)cc3F)C[C@@H]1NC(=O)CC2. The second-order valence-corrected chi connectivity index (χ2v) is 10.2. The minimum absolute atomic E-state index is 0.147. The van der Waals surface area contributed by atoms with Crippen molar-refractivity contribution in [3.05, 3.63) is 83.4 Å². The van der Waals surface area contributed by atoms with Gasteiger partial charge in [0.2, 0.25) is 5.91 Å². The van der Waals surface area contributed by atoms with Crippen LogP contribution >= 0.6 is 0 Å². The van der Waals surface area contributed by atoms with Crippen LogP contribution < -0.4 is 29.6 Å². The molecule has 3 aromatic rings. The number of methoxy groups -OCH3 is 1. The molecule has 1 fully saturated rings. The highest BCUT2D eigenvalue weighted by molar-refractivity contribution is 5.80. The molecule has 1 saturated heterocycles. The molecule has 0 radical (unpaired) electrons. The van der Waals surface area contributed by atoms with E-state index in [1.807, 2.05) is 0 Å². The summed E-state index contributed by atoms with van der Waals surface area (Å²) in [5.74, 6) is -1.53. The Hall–Kier alpha value is -4.87. The Morgan fingerprint density at radius 1 is 0.953 bits per heavy atom. The lowest BCUT2D eigenvalue weighted by Gasteiger charge is -2.21. The van der Waals surface area contributed by atoms with E-state index < -0.39 is 36.3 Å². The molecule has 0 saturated carbocycles. The van der Waals surface area contributed by atoms with Crippen LogP contribution in [0.3, 0.4) is 0 Å². The smallest absolute Gasteiger partial charge is 0.260 e. The maximum atomic E-state index is 14.0. The molecule has 12 heteroatoms. The molecule has 3 aromatic carbocycles. The molecule has 0 spiro atoms. The zero-order valence-corrected chi connectivity index (χ0v) is 23.4. The summed E-state index contributed by atoms with van der Waals surface area (Å²) in [6.45, 7) is -0.0963. The van der Waals surface area contributed by atoms with Gasteiger partial charge in [0.05, 0.1) is 19.7 Å². The Kier molecular flexibility index (Phi) is 9.23. The highest BCUT2D eigenvalue weighted by atomic mass is 19.1. The number of nitrogens with zero attached hydrogens (tertiary/aromatic N) is 1. The lowest BCUT2D eigenvalue weighted by Crippen LogP contribution is -2.45. The Bertz CT molecular complexity index is 1480. The van der Waals surface area contributed by atoms with Gasteiger partial charge in [-0.3, -0.25) is 14.4 Å². The fourth-order valence-corrected chi connectivity index (χ4v) is 4.84. The van der Waals surface area contributed by atoms with Gasteiger partial charge in [-0.15, -0.1) is 0 Å². The largest absolute Gasteiger partial charge is 0.493 e. The molecule has 0 aromatic heterocycles. The number of hydrogen-bond acceptors (Lipinski definition) is 7. The van der Waals surface area contributed by atoms with Gasteiger partial charge in [0, 0.05) is 25.6 Å². The summed E-state index contributed by atoms with van der Waals surface area (Å²) in [7, 11) is 1.50. The van der Waals surface area contributed by atoms with Gasteiger partial charge >= 0.3 is 0 Å². The van der Waals surface area contributed by atoms with Crippen LogP contribution in [-0.4, -0.2) is 68.2 Å². The first-order valence-electron chi connectivity index (χ1n) is 13.7. The molecule has 5 heterocycles. The molecule has 3 amide bonds. The Morgan fingerprint density at radius 2 is 1.74 bits per heavy atom. The zero-order valence-electron chi connectivity index (χ0n) is 23.4. The number of halogens is 2. The minimum Gasteiger partial charge on any atom is -0.493 e. The van der Waals surface area contributed by atoms with Crippen molar-refractivity contribution in [2.45, 2.75) is 31.5 Å². The standard InChI is InChI=1S/C31H31F2N3O7/c1-40-27-12-19-4-9-26(27)41-17-30(38)34-14-20-2-7-22(8-3-20)43-28-16-36(15-24(28)35-29(37)11-5-19)31(39)18-42-25-10-6-21(32)13-23(25)33/h2-4,6-10,12-13,24,28H,5,11,14-18H2,1H3,(H,34,38)(H,35,37)/t24-,28-/m0/s1. The van der Waals surface area contributed by atoms with E-state index in [0.29, 0.717) is 29.7 Å². The molecule has 43 heavy (non-hydrogen) atoms. The summed E-state index contributed by atoms with van der Waals surface area (Å²) in [5, 5.41) is 5.80. The van der Waals surface area contributed by atoms with E-state index in [-0.39, 0.29) is 50.2 Å². The number of carbonyl (C=O) groups excluding carboxylic acids is 3. The van der Waals surface area contributed by atoms with E-state index in [2.05, 4.69) is 10.6 Å². The van der Waals surface area contributed by atoms with E-state index in [1.54, 1.807) is 42.5 Å². The first-order valence-corrected chi connectivity index (χ1v) is 13.7. The molecular weight excluding hydrogens is 564 g/mol. The summed E-state index contributed by atoms with van der Waals surface area (Å²) in [4.78, 5) is 39.8. The molecule has 10 nitrogen and oxygen atoms in total. The van der Waals surface area contributed by atoms with E-state index in [0.717, 1.165) is 23.3 Å². The van der Waals surface area contributed by atoms with Crippen LogP contribution in [-0.2, 0) is 27.3 Å². The maximum Gasteiger partial charge on any atom is 0.260 e. The monoisotopic (exact) mass is 595 g/mol. The van der Waals surface area contributed by atoms with Crippen LogP contribution in [0.1, 0.15) is 17.5 Å². The third-order valence-corrected chi connectivity index (χ3v) is 7.14. The van der Waals surface area contributed by atoms with Gasteiger partial charge in [-0.1, -0.05) is 18.2 Å². The van der Waals surface area contributed by atoms with Crippen molar-refractivity contribution in [2.24, 2.45) is 0 Å². The lowest BCUT2D eigenvalue weighted by molar-refractivity contribution is -0.133. The fraction of sp³-hybridized carbons (Fsp3) is 0.323. The number of amides is 3. The lowest BCUT2D eigenvalue weighted by atomic mass is 10.1. The van der Waals surface area contributed by atoms with E-state index >= 15 is 0 Å². The van der Waals surface area contributed by atoms with Crippen molar-refractivity contribution in [3.63, 3.8) is 0 Å². The first kappa shape index (κ1) is 29.6. The van der Waals surface area contributed by atoms with E-state index in [1.165, 1.54) is 12.0 Å². The number of ether oxygens (including phenoxy) is 4. The number of hydrogen-bond donors (Lipinski definition) is 2. The summed E-state index contributed by atoms with van der Waals surface area (Å²) in [6, 6.07) is 14.6. The van der Waals surface area contributed by atoms with Crippen molar-refractivity contribution < 1.29 is 42.1 Å². The van der Waals surface area contributed by atoms with Gasteiger partial charge in [0.25, 0.3) is 11.8 Å². The molecule has 2 N–H and O–H groups in total. The molecule has 0 unspecified atom stereocenters. The summed E-state index contributed by atoms with van der Waals surface area (Å²) in [6.07, 6.45) is -0.0180. The van der Waals surface area contributed by atoms with Crippen molar-refractivity contribution >= 4 is 17.7 Å². The van der Waals surface area contributed by atoms with Crippen molar-refractivity contribution in [2.75, 3.05) is 33.4 Å². The van der Waals surface area contributed by atoms with Gasteiger partial charge in [-0.05, 0) is 53.9 Å². The second kappa shape index (κ2) is 13.4. The molecule has 0 aliphatic carbocycles. The summed E-state index contributed by atoms with van der Waals surface area (Å²) >= 11 is 0. The van der Waals surface area contributed by atoms with Gasteiger partial charge in [-0.25, -0.2) is 8.78 Å². The number of likely N-dealkylation sites (tertiary alicyclic amines) is 1. The molecule has 5 aliphatic rings. The van der Waals surface area contributed by atoms with Crippen molar-refractivity contribution in [3.8, 4) is 23.0 Å². The van der Waals surface area contributed by atoms with Crippen LogP contribution in [0.4, 0.5) is 8.78 Å². The van der Waals surface area contributed by atoms with Gasteiger partial charge in [-0.2, -0.15) is 0 Å². The van der Waals surface area contributed by atoms with Crippen molar-refractivity contribution in [1.82, 2.24) is 15.5 Å². The van der Waals surface area contributed by atoms with Gasteiger partial charge in [0.15, 0.2) is 36.3 Å². The molecule has 8 rings (SSSR count). The van der Waals surface area contributed by atoms with Crippen LogP contribution in [0, 0.1) is 11.6 Å². The quantitative estimate of drug-likeness (QED) is 0.477. The molecule has 2 atom stereocenters. The van der Waals surface area contributed by atoms with Crippen LogP contribution in [0.5, 0.6) is 23.0 Å². The third kappa shape index (κ3) is 7.70. The number of nitrogens with one attached hydrogen (secondary N) is 2. The molecule has 226 valence electrons. The number of carbonyl (C=O) groups is 3. The maximum absolute atomic E-state index is 14.0. The number of aryl methyl sites for hydroxylation is 1. The Labute approximate surface area is 246 Å². The first-order chi connectivity index (χ1) is 20.8. The fourth-order valence-electron chi connectivity index (χ4n) is 4.84. The van der Waals surface area contributed by atoms with Crippen LogP contribution in [0.15, 0.2) is 60.7 Å². The third-order valence-electron chi connectivity index (χ3n) is 7.14. The molecule has 5 aliphatic heterocycles. The van der Waals surface area contributed by atoms with E-state index in [9.17, 15) is 23.2 Å². The molecular formula is C31H31F2N3O7. The van der Waals surface area contributed by atoms with Gasteiger partial charge in [0.1, 0.15) is 17.7 Å². The normalized spacial score (nSPS) is 19.0. The second-order valence-electron chi connectivity index (χ2n) is 10.2. The average Bonchev–Trinajstić information content (AvgIpc) is 3.39. The summed E-state index contributed by atoms with van der Waals surface area (Å²) in [5.41, 5.74) is 1.66. The van der Waals surface area contributed by atoms with E-state index in [4.69, 9.17) is 18.9 Å². The predicted molar refractivity (Wildman–Crippen MR) is 150 cm³/mol. The topological polar surface area (TPSA) is 115 Å². The Balaban J connectivity index is 1.31. The highest BCUT2D eigenvalue weighted by Gasteiger charge is 2.38. The van der Waals surface area contributed by atoms with Crippen LogP contribution in [0.25, 0.3) is 0 Å². The zero-order chi connectivity index (χ0) is 30.3. The van der Waals surface area contributed by atoms with Crippen molar-refractivity contribution in [1.29, 1.82) is 0 Å². The summed E-state index contributed by atoms with van der Waals surface area (Å²) < 4.78 is 49.7. The number of benzene rings is 3. The average molecular weight is 596 g/mol. The number of rotatable bonds is 4. The highest BCUT2D eigenvalue weighted by Crippen LogP contribution is 2.29.